The Hall–Kier alpha value is -2.45. The number of halogens is 2. The summed E-state index contributed by atoms with van der Waals surface area (Å²) < 4.78 is 8.20. The van der Waals surface area contributed by atoms with Crippen LogP contribution in [0.3, 0.4) is 0 Å². The zero-order valence-electron chi connectivity index (χ0n) is 21.0. The standard InChI is InChI=1S/C28H30BrClN4O2/c1-28(2,3)36-27(35)34-17-23(22-14-19(29)5-8-26(22)34)24-13-18(16-33-11-9-32(4)10-12-33)21-7-6-20(30)15-25(21)31-24/h5-8,13-15,17H,9-12,16H2,1-4H3. The summed E-state index contributed by atoms with van der Waals surface area (Å²) in [5.74, 6) is 0. The average molecular weight is 570 g/mol. The van der Waals surface area contributed by atoms with Gasteiger partial charge in [-0.25, -0.2) is 9.78 Å². The number of fused-ring (bicyclic) bond motifs is 2. The number of hydrogen-bond acceptors (Lipinski definition) is 5. The molecule has 188 valence electrons. The molecule has 0 amide bonds. The lowest BCUT2D eigenvalue weighted by atomic mass is 10.0. The maximum absolute atomic E-state index is 13.1. The second-order valence-electron chi connectivity index (χ2n) is 10.5. The van der Waals surface area contributed by atoms with Crippen molar-refractivity contribution in [1.29, 1.82) is 0 Å². The van der Waals surface area contributed by atoms with Crippen LogP contribution in [0, 0.1) is 0 Å². The quantitative estimate of drug-likeness (QED) is 0.271. The van der Waals surface area contributed by atoms with Gasteiger partial charge in [0.1, 0.15) is 5.60 Å². The molecule has 5 rings (SSSR count). The van der Waals surface area contributed by atoms with Crippen molar-refractivity contribution < 1.29 is 9.53 Å². The van der Waals surface area contributed by atoms with Crippen molar-refractivity contribution in [1.82, 2.24) is 19.4 Å². The summed E-state index contributed by atoms with van der Waals surface area (Å²) in [6, 6.07) is 13.9. The maximum atomic E-state index is 13.1. The first-order valence-electron chi connectivity index (χ1n) is 12.1. The second kappa shape index (κ2) is 9.78. The van der Waals surface area contributed by atoms with E-state index in [1.807, 2.05) is 57.3 Å². The molecule has 8 heteroatoms. The van der Waals surface area contributed by atoms with Gasteiger partial charge in [0.25, 0.3) is 0 Å². The van der Waals surface area contributed by atoms with Crippen molar-refractivity contribution in [2.24, 2.45) is 0 Å². The summed E-state index contributed by atoms with van der Waals surface area (Å²) in [5, 5.41) is 2.67. The third-order valence-corrected chi connectivity index (χ3v) is 7.21. The molecule has 1 aliphatic rings. The van der Waals surface area contributed by atoms with Gasteiger partial charge in [-0.3, -0.25) is 9.47 Å². The minimum atomic E-state index is -0.600. The number of likely N-dealkylation sites (N-methyl/N-ethyl adjacent to an activating group) is 1. The van der Waals surface area contributed by atoms with Crippen LogP contribution < -0.4 is 0 Å². The van der Waals surface area contributed by atoms with Crippen LogP contribution in [0.25, 0.3) is 33.1 Å². The van der Waals surface area contributed by atoms with Gasteiger partial charge in [0, 0.05) is 64.8 Å². The molecule has 3 heterocycles. The normalized spacial score (nSPS) is 15.6. The fraction of sp³-hybridized carbons (Fsp3) is 0.357. The van der Waals surface area contributed by atoms with Crippen molar-refractivity contribution in [3.63, 3.8) is 0 Å². The molecular formula is C28H30BrClN4O2. The highest BCUT2D eigenvalue weighted by molar-refractivity contribution is 9.10. The maximum Gasteiger partial charge on any atom is 0.419 e. The predicted molar refractivity (Wildman–Crippen MR) is 150 cm³/mol. The fourth-order valence-electron chi connectivity index (χ4n) is 4.66. The van der Waals surface area contributed by atoms with Gasteiger partial charge in [-0.15, -0.1) is 0 Å². The Balaban J connectivity index is 1.65. The molecule has 0 saturated carbocycles. The molecule has 2 aromatic carbocycles. The van der Waals surface area contributed by atoms with E-state index in [4.69, 9.17) is 21.3 Å². The van der Waals surface area contributed by atoms with Crippen molar-refractivity contribution >= 4 is 55.4 Å². The predicted octanol–water partition coefficient (Wildman–Crippen LogP) is 6.80. The van der Waals surface area contributed by atoms with Crippen molar-refractivity contribution in [2.45, 2.75) is 32.9 Å². The number of rotatable bonds is 3. The Morgan fingerprint density at radius 3 is 2.53 bits per heavy atom. The lowest BCUT2D eigenvalue weighted by Gasteiger charge is -2.32. The summed E-state index contributed by atoms with van der Waals surface area (Å²) in [7, 11) is 2.16. The van der Waals surface area contributed by atoms with Crippen LogP contribution in [-0.2, 0) is 11.3 Å². The van der Waals surface area contributed by atoms with Gasteiger partial charge >= 0.3 is 6.09 Å². The molecule has 0 unspecified atom stereocenters. The molecule has 1 saturated heterocycles. The van der Waals surface area contributed by atoms with Gasteiger partial charge in [0.15, 0.2) is 0 Å². The summed E-state index contributed by atoms with van der Waals surface area (Å²) in [6.45, 7) is 10.6. The molecule has 6 nitrogen and oxygen atoms in total. The summed E-state index contributed by atoms with van der Waals surface area (Å²) >= 11 is 9.97. The molecular weight excluding hydrogens is 540 g/mol. The van der Waals surface area contributed by atoms with Crippen molar-refractivity contribution in [2.75, 3.05) is 33.2 Å². The third kappa shape index (κ3) is 5.30. The van der Waals surface area contributed by atoms with E-state index >= 15 is 0 Å². The van der Waals surface area contributed by atoms with Gasteiger partial charge in [-0.2, -0.15) is 0 Å². The van der Waals surface area contributed by atoms with Crippen LogP contribution in [0.2, 0.25) is 5.02 Å². The van der Waals surface area contributed by atoms with Crippen LogP contribution >= 0.6 is 27.5 Å². The number of carbonyl (C=O) groups excluding carboxylic acids is 1. The van der Waals surface area contributed by atoms with Crippen molar-refractivity contribution in [3.8, 4) is 11.3 Å². The first-order valence-corrected chi connectivity index (χ1v) is 13.3. The number of pyridine rings is 1. The molecule has 1 aliphatic heterocycles. The first-order chi connectivity index (χ1) is 17.1. The molecule has 36 heavy (non-hydrogen) atoms. The number of carbonyl (C=O) groups is 1. The molecule has 4 aromatic rings. The van der Waals surface area contributed by atoms with Crippen LogP contribution in [0.5, 0.6) is 0 Å². The Labute approximate surface area is 224 Å². The highest BCUT2D eigenvalue weighted by Crippen LogP contribution is 2.35. The Bertz CT molecular complexity index is 1450. The minimum Gasteiger partial charge on any atom is -0.443 e. The van der Waals surface area contributed by atoms with Gasteiger partial charge in [-0.1, -0.05) is 33.6 Å². The Morgan fingerprint density at radius 2 is 1.81 bits per heavy atom. The van der Waals surface area contributed by atoms with Gasteiger partial charge in [0.05, 0.1) is 16.7 Å². The highest BCUT2D eigenvalue weighted by atomic mass is 79.9. The number of benzene rings is 2. The van der Waals surface area contributed by atoms with Crippen LogP contribution in [0.1, 0.15) is 26.3 Å². The fourth-order valence-corrected chi connectivity index (χ4v) is 5.19. The van der Waals surface area contributed by atoms with E-state index in [0.717, 1.165) is 70.3 Å². The number of aromatic nitrogens is 2. The van der Waals surface area contributed by atoms with Crippen molar-refractivity contribution in [3.05, 3.63) is 63.7 Å². The number of piperazine rings is 1. The van der Waals surface area contributed by atoms with E-state index in [-0.39, 0.29) is 0 Å². The van der Waals surface area contributed by atoms with Crippen LogP contribution in [0.4, 0.5) is 4.79 Å². The van der Waals surface area contributed by atoms with E-state index in [1.54, 1.807) is 4.57 Å². The van der Waals surface area contributed by atoms with E-state index in [1.165, 1.54) is 5.56 Å². The molecule has 0 bridgehead atoms. The molecule has 0 atom stereocenters. The largest absolute Gasteiger partial charge is 0.443 e. The minimum absolute atomic E-state index is 0.414. The summed E-state index contributed by atoms with van der Waals surface area (Å²) in [5.41, 5.74) is 3.90. The average Bonchev–Trinajstić information content (AvgIpc) is 3.18. The topological polar surface area (TPSA) is 50.6 Å². The number of nitrogens with zero attached hydrogens (tertiary/aromatic N) is 4. The van der Waals surface area contributed by atoms with Gasteiger partial charge in [-0.05, 0) is 69.8 Å². The Morgan fingerprint density at radius 1 is 1.06 bits per heavy atom. The second-order valence-corrected chi connectivity index (χ2v) is 11.8. The monoisotopic (exact) mass is 568 g/mol. The molecule has 0 radical (unpaired) electrons. The van der Waals surface area contributed by atoms with Gasteiger partial charge in [0.2, 0.25) is 0 Å². The SMILES string of the molecule is CN1CCN(Cc2cc(-c3cn(C(=O)OC(C)(C)C)c4ccc(Br)cc34)nc3cc(Cl)ccc23)CC1. The van der Waals surface area contributed by atoms with E-state index in [9.17, 15) is 4.79 Å². The third-order valence-electron chi connectivity index (χ3n) is 6.48. The summed E-state index contributed by atoms with van der Waals surface area (Å²) in [4.78, 5) is 22.9. The number of hydrogen-bond donors (Lipinski definition) is 0. The zero-order valence-corrected chi connectivity index (χ0v) is 23.4. The van der Waals surface area contributed by atoms with E-state index in [2.05, 4.69) is 44.9 Å². The van der Waals surface area contributed by atoms with E-state index < -0.39 is 11.7 Å². The summed E-state index contributed by atoms with van der Waals surface area (Å²) in [6.07, 6.45) is 1.42. The molecule has 0 N–H and O–H groups in total. The molecule has 0 spiro atoms. The lowest BCUT2D eigenvalue weighted by molar-refractivity contribution is 0.0544. The zero-order chi connectivity index (χ0) is 25.6. The van der Waals surface area contributed by atoms with Crippen LogP contribution in [-0.4, -0.2) is 64.3 Å². The Kier molecular flexibility index (Phi) is 6.85. The highest BCUT2D eigenvalue weighted by Gasteiger charge is 2.23. The smallest absolute Gasteiger partial charge is 0.419 e. The molecule has 2 aromatic heterocycles. The molecule has 1 fully saturated rings. The van der Waals surface area contributed by atoms with Crippen LogP contribution in [0.15, 0.2) is 53.1 Å². The number of ether oxygens (including phenoxy) is 1. The first kappa shape index (κ1) is 25.2. The molecule has 0 aliphatic carbocycles. The lowest BCUT2D eigenvalue weighted by Crippen LogP contribution is -2.43. The van der Waals surface area contributed by atoms with E-state index in [0.29, 0.717) is 5.02 Å². The van der Waals surface area contributed by atoms with Gasteiger partial charge < -0.3 is 9.64 Å².